The maximum Gasteiger partial charge on any atom is -0.0533 e. The quantitative estimate of drug-likeness (QED) is 0.111. The molecule has 1 nitrogen and oxygen atoms in total. The summed E-state index contributed by atoms with van der Waals surface area (Å²) in [5.41, 5.74) is 5.32. The van der Waals surface area contributed by atoms with Gasteiger partial charge in [0.1, 0.15) is 0 Å². The summed E-state index contributed by atoms with van der Waals surface area (Å²) in [5.74, 6) is 2.32. The maximum absolute atomic E-state index is 4.42. The summed E-state index contributed by atoms with van der Waals surface area (Å²) >= 11 is 0.785. The zero-order valence-corrected chi connectivity index (χ0v) is 24.5. The van der Waals surface area contributed by atoms with E-state index in [1.54, 1.807) is 0 Å². The Kier molecular flexibility index (Phi) is 14.5. The van der Waals surface area contributed by atoms with Crippen LogP contribution in [0.4, 0.5) is 0 Å². The average molecular weight is 577 g/mol. The minimum absolute atomic E-state index is 0.429. The van der Waals surface area contributed by atoms with Crippen molar-refractivity contribution >= 4 is 26.1 Å². The Balaban J connectivity index is 0.000000887. The molecule has 0 aromatic carbocycles. The molecule has 1 rings (SSSR count). The van der Waals surface area contributed by atoms with Crippen molar-refractivity contribution in [2.24, 2.45) is 23.7 Å². The van der Waals surface area contributed by atoms with Gasteiger partial charge in [0.25, 0.3) is 0 Å². The Bertz CT molecular complexity index is 527. The van der Waals surface area contributed by atoms with E-state index in [1.807, 2.05) is 0 Å². The van der Waals surface area contributed by atoms with E-state index < -0.39 is 0 Å². The van der Waals surface area contributed by atoms with Crippen molar-refractivity contribution < 1.29 is 0 Å². The first-order valence-electron chi connectivity index (χ1n) is 11.5. The summed E-state index contributed by atoms with van der Waals surface area (Å²) in [4.78, 5) is 0. The van der Waals surface area contributed by atoms with Crippen LogP contribution in [0, 0.1) is 23.7 Å². The smallest absolute Gasteiger partial charge is 0.0533 e. The van der Waals surface area contributed by atoms with E-state index in [1.165, 1.54) is 54.5 Å². The number of nitrogens with zero attached hydrogens (tertiary/aromatic N) is 1. The van der Waals surface area contributed by atoms with E-state index in [0.29, 0.717) is 23.7 Å². The molecule has 158 valence electrons. The van der Waals surface area contributed by atoms with Crippen molar-refractivity contribution in [2.45, 2.75) is 87.0 Å². The van der Waals surface area contributed by atoms with Crippen LogP contribution >= 0.6 is 0 Å². The van der Waals surface area contributed by atoms with Crippen LogP contribution in [0.1, 0.15) is 87.0 Å². The van der Waals surface area contributed by atoms with Crippen LogP contribution in [-0.4, -0.2) is 35.3 Å². The van der Waals surface area contributed by atoms with E-state index in [2.05, 4.69) is 77.0 Å². The molecule has 0 aromatic heterocycles. The summed E-state index contributed by atoms with van der Waals surface area (Å²) in [5, 5.41) is 0. The number of likely N-dealkylation sites (N-methyl/N-ethyl adjacent to an activating group) is 1. The molecule has 28 heavy (non-hydrogen) atoms. The van der Waals surface area contributed by atoms with Gasteiger partial charge in [0.15, 0.2) is 0 Å². The molecule has 4 atom stereocenters. The van der Waals surface area contributed by atoms with Gasteiger partial charge in [-0.25, -0.2) is 0 Å². The molecule has 0 bridgehead atoms. The Hall–Kier alpha value is -0.318. The normalized spacial score (nSPS) is 24.9. The second-order valence-corrected chi connectivity index (χ2v) is 10.8. The van der Waals surface area contributed by atoms with Crippen molar-refractivity contribution in [2.75, 3.05) is 6.54 Å². The van der Waals surface area contributed by atoms with E-state index in [-0.39, 0.29) is 0 Å². The van der Waals surface area contributed by atoms with Gasteiger partial charge in [0, 0.05) is 0 Å². The van der Waals surface area contributed by atoms with Crippen molar-refractivity contribution in [1.82, 2.24) is 2.71 Å². The van der Waals surface area contributed by atoms with Gasteiger partial charge in [0.2, 0.25) is 0 Å². The number of unbranched alkanes of at least 4 members (excludes halogenated alkanes) is 4. The second-order valence-electron chi connectivity index (χ2n) is 8.37. The molecule has 0 N–H and O–H groups in total. The Morgan fingerprint density at radius 3 is 1.86 bits per heavy atom. The van der Waals surface area contributed by atoms with Gasteiger partial charge >= 0.3 is 148 Å². The molecule has 0 saturated heterocycles. The van der Waals surface area contributed by atoms with Gasteiger partial charge in [-0.3, -0.25) is 0 Å². The van der Waals surface area contributed by atoms with Crippen LogP contribution in [0.5, 0.6) is 0 Å². The molecule has 2 heteroatoms. The van der Waals surface area contributed by atoms with Crippen LogP contribution < -0.4 is 0 Å². The summed E-state index contributed by atoms with van der Waals surface area (Å²) in [7, 11) is 0. The Labute approximate surface area is 193 Å². The second kappa shape index (κ2) is 14.6. The van der Waals surface area contributed by atoms with Crippen molar-refractivity contribution in [3.63, 3.8) is 0 Å². The van der Waals surface area contributed by atoms with E-state index in [4.69, 9.17) is 0 Å². The zero-order valence-electron chi connectivity index (χ0n) is 20.0. The summed E-state index contributed by atoms with van der Waals surface area (Å²) in [6.07, 6.45) is 10.1. The average Bonchev–Trinajstić information content (AvgIpc) is 2.89. The van der Waals surface area contributed by atoms with E-state index in [9.17, 15) is 0 Å². The molecular weight excluding hydrogens is 531 g/mol. The number of hydrogen-bond acceptors (Lipinski definition) is 1. The summed E-state index contributed by atoms with van der Waals surface area (Å²) in [6, 6.07) is 0. The predicted molar refractivity (Wildman–Crippen MR) is 129 cm³/mol. The third-order valence-electron chi connectivity index (χ3n) is 6.55. The largest absolute Gasteiger partial charge is 0.0654 e. The van der Waals surface area contributed by atoms with Crippen molar-refractivity contribution in [3.05, 3.63) is 48.2 Å². The van der Waals surface area contributed by atoms with Crippen LogP contribution in [0.15, 0.2) is 48.2 Å². The molecule has 0 radical (unpaired) electrons. The third kappa shape index (κ3) is 7.50. The van der Waals surface area contributed by atoms with Gasteiger partial charge < -0.3 is 0 Å². The molecule has 4 unspecified atom stereocenters. The van der Waals surface area contributed by atoms with Gasteiger partial charge in [-0.2, -0.15) is 0 Å². The fourth-order valence-corrected chi connectivity index (χ4v) is 5.44. The summed E-state index contributed by atoms with van der Waals surface area (Å²) < 4.78 is 2.47. The zero-order chi connectivity index (χ0) is 21.9. The number of hydrogen-bond donors (Lipinski definition) is 0. The standard InChI is InChI=1S/C19H30N.C7H16.Tl/c1-9-12(4)19(20-11-3)17(10-2)18-15(7)13(5)14(6)16(18)8;1-3-5-7-6-4-2;/h10,13-14,16,18H,2,4,7,9,11H2,1,3,5-6,8H3;3-7H2,1-2H3;/q-1;;+1/b19-17-;;. The molecule has 0 aliphatic heterocycles. The Morgan fingerprint density at radius 2 is 1.54 bits per heavy atom. The molecule has 1 fully saturated rings. The Morgan fingerprint density at radius 1 is 1.00 bits per heavy atom. The fraction of sp³-hybridized carbons (Fsp3) is 0.692. The van der Waals surface area contributed by atoms with Gasteiger partial charge in [-0.15, -0.1) is 0 Å². The first-order valence-corrected chi connectivity index (χ1v) is 13.5. The van der Waals surface area contributed by atoms with Crippen LogP contribution in [0.2, 0.25) is 0 Å². The third-order valence-corrected chi connectivity index (χ3v) is 8.98. The molecule has 0 spiro atoms. The molecular formula is C26H46NTl. The van der Waals surface area contributed by atoms with Crippen LogP contribution in [0.25, 0.3) is 0 Å². The van der Waals surface area contributed by atoms with Crippen molar-refractivity contribution in [1.29, 1.82) is 0 Å². The van der Waals surface area contributed by atoms with E-state index >= 15 is 0 Å². The first kappa shape index (κ1) is 27.7. The van der Waals surface area contributed by atoms with Crippen molar-refractivity contribution in [3.8, 4) is 0 Å². The number of allylic oxidation sites excluding steroid dienone is 4. The molecule has 1 aliphatic rings. The minimum Gasteiger partial charge on any atom is -0.0654 e. The molecule has 0 aromatic rings. The molecule has 0 heterocycles. The summed E-state index contributed by atoms with van der Waals surface area (Å²) in [6.45, 7) is 29.9. The minimum atomic E-state index is 0.429. The van der Waals surface area contributed by atoms with E-state index in [0.717, 1.165) is 39.0 Å². The first-order chi connectivity index (χ1) is 13.2. The fourth-order valence-electron chi connectivity index (χ4n) is 4.15. The predicted octanol–water partition coefficient (Wildman–Crippen LogP) is 7.87. The van der Waals surface area contributed by atoms with Crippen LogP contribution in [0.3, 0.4) is 0 Å². The number of rotatable bonds is 10. The monoisotopic (exact) mass is 577 g/mol. The maximum atomic E-state index is 4.42. The molecule has 0 amide bonds. The van der Waals surface area contributed by atoms with Gasteiger partial charge in [-0.05, 0) is 0 Å². The molecule has 1 saturated carbocycles. The SMILES string of the molecule is C=C/C(=C(\C(=C)CC)[N]([Tl])CC)C1C(=C)C(C)C(C)C1C.CCCCCCC. The molecule has 1 aliphatic carbocycles. The van der Waals surface area contributed by atoms with Crippen LogP contribution in [-0.2, 0) is 0 Å². The topological polar surface area (TPSA) is 3.24 Å². The van der Waals surface area contributed by atoms with Gasteiger partial charge in [-0.1, -0.05) is 46.0 Å². The van der Waals surface area contributed by atoms with Gasteiger partial charge in [0.05, 0.1) is 0 Å².